The molecule has 5 rings (SSSR count). The van der Waals surface area contributed by atoms with E-state index in [1.54, 1.807) is 0 Å². The molecular formula is C24H34O2S. The Morgan fingerprint density at radius 1 is 1.04 bits per heavy atom. The van der Waals surface area contributed by atoms with Gasteiger partial charge in [0.25, 0.3) is 0 Å². The lowest BCUT2D eigenvalue weighted by molar-refractivity contribution is -0.212. The molecule has 4 aliphatic rings. The molecule has 1 aromatic heterocycles. The first kappa shape index (κ1) is 18.4. The first-order valence-corrected chi connectivity index (χ1v) is 11.8. The molecule has 0 saturated heterocycles. The number of fused-ring (bicyclic) bond motifs is 5. The van der Waals surface area contributed by atoms with Crippen molar-refractivity contribution < 1.29 is 10.2 Å². The fraction of sp³-hybridized carbons (Fsp3) is 0.750. The van der Waals surface area contributed by atoms with Crippen LogP contribution in [0.3, 0.4) is 0 Å². The molecule has 148 valence electrons. The molecule has 3 fully saturated rings. The molecule has 27 heavy (non-hydrogen) atoms. The Balaban J connectivity index is 1.51. The largest absolute Gasteiger partial charge is 0.390 e. The molecule has 1 unspecified atom stereocenters. The zero-order valence-corrected chi connectivity index (χ0v) is 17.7. The van der Waals surface area contributed by atoms with Gasteiger partial charge >= 0.3 is 0 Å². The molecule has 0 radical (unpaired) electrons. The normalized spacial score (nSPS) is 51.9. The van der Waals surface area contributed by atoms with E-state index in [0.29, 0.717) is 17.8 Å². The zero-order valence-electron chi connectivity index (χ0n) is 16.9. The van der Waals surface area contributed by atoms with Gasteiger partial charge in [-0.2, -0.15) is 0 Å². The Morgan fingerprint density at radius 2 is 1.85 bits per heavy atom. The van der Waals surface area contributed by atoms with Crippen molar-refractivity contribution in [2.24, 2.45) is 40.4 Å². The molecule has 0 aliphatic heterocycles. The van der Waals surface area contributed by atoms with E-state index in [-0.39, 0.29) is 22.7 Å². The lowest BCUT2D eigenvalue weighted by atomic mass is 9.43. The van der Waals surface area contributed by atoms with E-state index >= 15 is 0 Å². The highest BCUT2D eigenvalue weighted by Gasteiger charge is 2.63. The lowest BCUT2D eigenvalue weighted by Gasteiger charge is -2.63. The van der Waals surface area contributed by atoms with Crippen LogP contribution in [0.4, 0.5) is 0 Å². The fourth-order valence-electron chi connectivity index (χ4n) is 7.85. The summed E-state index contributed by atoms with van der Waals surface area (Å²) in [5, 5.41) is 24.7. The van der Waals surface area contributed by atoms with E-state index in [1.165, 1.54) is 36.1 Å². The highest BCUT2D eigenvalue weighted by Crippen LogP contribution is 2.67. The summed E-state index contributed by atoms with van der Waals surface area (Å²) in [6.45, 7) is 7.20. The summed E-state index contributed by atoms with van der Waals surface area (Å²) in [5.41, 5.74) is 1.85. The summed E-state index contributed by atoms with van der Waals surface area (Å²) in [6.07, 6.45) is 8.42. The van der Waals surface area contributed by atoms with Crippen molar-refractivity contribution in [1.29, 1.82) is 0 Å². The molecule has 1 aromatic rings. The lowest BCUT2D eigenvalue weighted by Crippen LogP contribution is -2.63. The maximum Gasteiger partial charge on any atom is 0.0836 e. The van der Waals surface area contributed by atoms with Crippen LogP contribution < -0.4 is 0 Å². The quantitative estimate of drug-likeness (QED) is 0.682. The Hall–Kier alpha value is -0.640. The van der Waals surface area contributed by atoms with Gasteiger partial charge in [-0.15, -0.1) is 11.3 Å². The molecule has 0 aromatic carbocycles. The van der Waals surface area contributed by atoms with Gasteiger partial charge in [-0.3, -0.25) is 0 Å². The van der Waals surface area contributed by atoms with Crippen molar-refractivity contribution >= 4 is 16.9 Å². The standard InChI is InChI=1S/C24H34O2S/c1-14-8-10-24(3)17-9-11-23(2)15(19-5-4-12-27-19)6-7-16(23)20(17)22(26)21(25)18(24)13-14/h4-6,12,14,16-18,20-22,25-26H,7-11,13H2,1-3H3/t14-,16-,17-,18+,20?,21+,22+,23+,24+/m0/s1. The van der Waals surface area contributed by atoms with Crippen LogP contribution in [-0.4, -0.2) is 22.4 Å². The smallest absolute Gasteiger partial charge is 0.0836 e. The van der Waals surface area contributed by atoms with Crippen LogP contribution in [0.15, 0.2) is 23.6 Å². The summed E-state index contributed by atoms with van der Waals surface area (Å²) in [4.78, 5) is 1.40. The van der Waals surface area contributed by atoms with Gasteiger partial charge in [0, 0.05) is 4.88 Å². The van der Waals surface area contributed by atoms with Crippen LogP contribution in [0.25, 0.3) is 5.57 Å². The van der Waals surface area contributed by atoms with Crippen LogP contribution in [-0.2, 0) is 0 Å². The molecule has 0 spiro atoms. The maximum absolute atomic E-state index is 11.3. The number of thiophene rings is 1. The van der Waals surface area contributed by atoms with E-state index in [0.717, 1.165) is 12.8 Å². The number of rotatable bonds is 1. The van der Waals surface area contributed by atoms with Crippen molar-refractivity contribution in [1.82, 2.24) is 0 Å². The third kappa shape index (κ3) is 2.44. The van der Waals surface area contributed by atoms with Gasteiger partial charge in [-0.1, -0.05) is 39.3 Å². The number of aliphatic hydroxyl groups excluding tert-OH is 2. The van der Waals surface area contributed by atoms with Crippen LogP contribution in [0.2, 0.25) is 0 Å². The Bertz CT molecular complexity index is 740. The Morgan fingerprint density at radius 3 is 2.59 bits per heavy atom. The van der Waals surface area contributed by atoms with Crippen LogP contribution >= 0.6 is 11.3 Å². The molecule has 2 N–H and O–H groups in total. The monoisotopic (exact) mass is 386 g/mol. The van der Waals surface area contributed by atoms with Gasteiger partial charge in [0.2, 0.25) is 0 Å². The molecule has 3 heteroatoms. The van der Waals surface area contributed by atoms with Gasteiger partial charge in [0.05, 0.1) is 12.2 Å². The van der Waals surface area contributed by atoms with Crippen molar-refractivity contribution in [2.75, 3.05) is 0 Å². The van der Waals surface area contributed by atoms with Crippen molar-refractivity contribution in [2.45, 2.75) is 71.5 Å². The SMILES string of the molecule is C[C@H]1CC[C@@]2(C)[C@H](C1)[C@@H](O)[C@H](O)C1[C@@H]2CC[C@]2(C)C(c3cccs3)=CC[C@@H]12. The highest BCUT2D eigenvalue weighted by molar-refractivity contribution is 7.11. The zero-order chi connectivity index (χ0) is 19.0. The predicted molar refractivity (Wildman–Crippen MR) is 111 cm³/mol. The minimum Gasteiger partial charge on any atom is -0.390 e. The van der Waals surface area contributed by atoms with Gasteiger partial charge < -0.3 is 10.2 Å². The van der Waals surface area contributed by atoms with Crippen LogP contribution in [0, 0.1) is 40.4 Å². The van der Waals surface area contributed by atoms with E-state index in [9.17, 15) is 10.2 Å². The van der Waals surface area contributed by atoms with Crippen molar-refractivity contribution in [3.63, 3.8) is 0 Å². The molecule has 0 amide bonds. The highest BCUT2D eigenvalue weighted by atomic mass is 32.1. The molecular weight excluding hydrogens is 352 g/mol. The summed E-state index contributed by atoms with van der Waals surface area (Å²) >= 11 is 1.84. The molecule has 3 saturated carbocycles. The second-order valence-corrected chi connectivity index (χ2v) is 11.5. The molecule has 2 nitrogen and oxygen atoms in total. The van der Waals surface area contributed by atoms with Crippen molar-refractivity contribution in [3.05, 3.63) is 28.5 Å². The topological polar surface area (TPSA) is 40.5 Å². The van der Waals surface area contributed by atoms with Crippen molar-refractivity contribution in [3.8, 4) is 0 Å². The maximum atomic E-state index is 11.3. The van der Waals surface area contributed by atoms with Gasteiger partial charge in [-0.25, -0.2) is 0 Å². The number of hydrogen-bond donors (Lipinski definition) is 2. The third-order valence-electron chi connectivity index (χ3n) is 9.38. The minimum atomic E-state index is -0.556. The number of hydrogen-bond acceptors (Lipinski definition) is 3. The van der Waals surface area contributed by atoms with Crippen LogP contribution in [0.5, 0.6) is 0 Å². The minimum absolute atomic E-state index is 0.151. The van der Waals surface area contributed by atoms with E-state index in [2.05, 4.69) is 44.4 Å². The average Bonchev–Trinajstić information content (AvgIpc) is 3.27. The summed E-state index contributed by atoms with van der Waals surface area (Å²) in [5.74, 6) is 2.21. The predicted octanol–water partition coefficient (Wildman–Crippen LogP) is 5.36. The fourth-order valence-corrected chi connectivity index (χ4v) is 8.75. The van der Waals surface area contributed by atoms with Gasteiger partial charge in [0.15, 0.2) is 0 Å². The second-order valence-electron chi connectivity index (χ2n) is 10.6. The first-order chi connectivity index (χ1) is 12.9. The second kappa shape index (κ2) is 6.18. The summed E-state index contributed by atoms with van der Waals surface area (Å²) in [7, 11) is 0. The molecule has 1 heterocycles. The average molecular weight is 387 g/mol. The molecule has 0 bridgehead atoms. The number of aliphatic hydroxyl groups is 2. The molecule has 9 atom stereocenters. The Labute approximate surface area is 167 Å². The van der Waals surface area contributed by atoms with E-state index in [1.807, 2.05) is 11.3 Å². The van der Waals surface area contributed by atoms with Gasteiger partial charge in [0.1, 0.15) is 0 Å². The summed E-state index contributed by atoms with van der Waals surface area (Å²) < 4.78 is 0. The Kier molecular flexibility index (Phi) is 4.21. The first-order valence-electron chi connectivity index (χ1n) is 11.0. The summed E-state index contributed by atoms with van der Waals surface area (Å²) in [6, 6.07) is 4.40. The van der Waals surface area contributed by atoms with Crippen LogP contribution in [0.1, 0.15) is 64.2 Å². The molecule has 4 aliphatic carbocycles. The van der Waals surface area contributed by atoms with E-state index < -0.39 is 12.2 Å². The number of allylic oxidation sites excluding steroid dienone is 2. The van der Waals surface area contributed by atoms with E-state index in [4.69, 9.17) is 0 Å². The van der Waals surface area contributed by atoms with Gasteiger partial charge in [-0.05, 0) is 89.5 Å². The third-order valence-corrected chi connectivity index (χ3v) is 10.3.